The van der Waals surface area contributed by atoms with E-state index >= 15 is 0 Å². The van der Waals surface area contributed by atoms with E-state index in [9.17, 15) is 9.59 Å². The molecule has 0 fully saturated rings. The molecule has 0 heterocycles. The molecule has 1 aromatic rings. The van der Waals surface area contributed by atoms with Crippen LogP contribution in [0.1, 0.15) is 31.1 Å². The van der Waals surface area contributed by atoms with Gasteiger partial charge < -0.3 is 10.0 Å². The van der Waals surface area contributed by atoms with Crippen LogP contribution >= 0.6 is 11.6 Å². The number of benzene rings is 1. The maximum atomic E-state index is 12.4. The average molecular weight is 284 g/mol. The highest BCUT2D eigenvalue weighted by molar-refractivity contribution is 6.33. The van der Waals surface area contributed by atoms with E-state index in [-0.39, 0.29) is 18.5 Å². The minimum Gasteiger partial charge on any atom is -0.481 e. The molecular weight excluding hydrogens is 266 g/mol. The molecule has 1 aromatic carbocycles. The lowest BCUT2D eigenvalue weighted by Gasteiger charge is -2.28. The minimum atomic E-state index is -0.919. The van der Waals surface area contributed by atoms with Crippen LogP contribution in [-0.4, -0.2) is 34.5 Å². The molecule has 0 aromatic heterocycles. The van der Waals surface area contributed by atoms with E-state index in [1.165, 1.54) is 4.90 Å². The molecule has 0 radical (unpaired) electrons. The summed E-state index contributed by atoms with van der Waals surface area (Å²) in [5.41, 5.74) is 0.399. The predicted octanol–water partition coefficient (Wildman–Crippen LogP) is 2.91. The fraction of sp³-hybridized carbons (Fsp3) is 0.429. The van der Waals surface area contributed by atoms with E-state index in [4.69, 9.17) is 16.7 Å². The number of carbonyl (C=O) groups is 2. The van der Waals surface area contributed by atoms with E-state index in [2.05, 4.69) is 0 Å². The Bertz CT molecular complexity index is 474. The first-order valence-corrected chi connectivity index (χ1v) is 6.50. The molecule has 0 saturated carbocycles. The van der Waals surface area contributed by atoms with E-state index < -0.39 is 11.9 Å². The van der Waals surface area contributed by atoms with Crippen molar-refractivity contribution >= 4 is 23.5 Å². The van der Waals surface area contributed by atoms with Crippen LogP contribution in [0.25, 0.3) is 0 Å². The number of aliphatic carboxylic acids is 1. The quantitative estimate of drug-likeness (QED) is 0.904. The zero-order chi connectivity index (χ0) is 14.6. The summed E-state index contributed by atoms with van der Waals surface area (Å²) >= 11 is 6.00. The number of carboxylic acids is 1. The third-order valence-electron chi connectivity index (χ3n) is 2.88. The average Bonchev–Trinajstić information content (AvgIpc) is 2.34. The van der Waals surface area contributed by atoms with Crippen LogP contribution < -0.4 is 0 Å². The molecular formula is C14H18ClNO3. The number of carbonyl (C=O) groups excluding carboxylic acids is 1. The Morgan fingerprint density at radius 2 is 1.84 bits per heavy atom. The lowest BCUT2D eigenvalue weighted by Crippen LogP contribution is -2.41. The van der Waals surface area contributed by atoms with Crippen molar-refractivity contribution in [1.29, 1.82) is 0 Å². The summed E-state index contributed by atoms with van der Waals surface area (Å²) in [6.45, 7) is 5.45. The first-order chi connectivity index (χ1) is 8.84. The third kappa shape index (κ3) is 3.96. The largest absolute Gasteiger partial charge is 0.481 e. The number of halogens is 1. The maximum absolute atomic E-state index is 12.4. The molecule has 0 spiro atoms. The summed E-state index contributed by atoms with van der Waals surface area (Å²) in [6.07, 6.45) is 0. The van der Waals surface area contributed by atoms with Crippen LogP contribution in [0.2, 0.25) is 5.02 Å². The third-order valence-corrected chi connectivity index (χ3v) is 3.21. The van der Waals surface area contributed by atoms with Gasteiger partial charge in [0.15, 0.2) is 0 Å². The van der Waals surface area contributed by atoms with Crippen molar-refractivity contribution in [2.75, 3.05) is 6.54 Å². The van der Waals surface area contributed by atoms with Crippen LogP contribution in [0.5, 0.6) is 0 Å². The number of nitrogens with zero attached hydrogens (tertiary/aromatic N) is 1. The summed E-state index contributed by atoms with van der Waals surface area (Å²) in [5, 5.41) is 9.33. The smallest absolute Gasteiger partial charge is 0.308 e. The first-order valence-electron chi connectivity index (χ1n) is 6.13. The van der Waals surface area contributed by atoms with E-state index in [0.29, 0.717) is 10.6 Å². The van der Waals surface area contributed by atoms with Gasteiger partial charge in [-0.05, 0) is 26.0 Å². The Morgan fingerprint density at radius 1 is 1.26 bits per heavy atom. The van der Waals surface area contributed by atoms with Crippen molar-refractivity contribution in [3.63, 3.8) is 0 Å². The standard InChI is InChI=1S/C14H18ClNO3/c1-9(2)16(8-10(3)14(18)19)13(17)11-6-4-5-7-12(11)15/h4-7,9-10H,8H2,1-3H3,(H,18,19). The Morgan fingerprint density at radius 3 is 2.32 bits per heavy atom. The molecule has 104 valence electrons. The highest BCUT2D eigenvalue weighted by Gasteiger charge is 2.24. The number of rotatable bonds is 5. The van der Waals surface area contributed by atoms with Gasteiger partial charge in [-0.1, -0.05) is 30.7 Å². The van der Waals surface area contributed by atoms with Crippen molar-refractivity contribution in [3.8, 4) is 0 Å². The van der Waals surface area contributed by atoms with Crippen molar-refractivity contribution in [1.82, 2.24) is 4.90 Å². The normalized spacial score (nSPS) is 12.3. The molecule has 1 N–H and O–H groups in total. The molecule has 4 nitrogen and oxygen atoms in total. The van der Waals surface area contributed by atoms with Gasteiger partial charge in [0.05, 0.1) is 16.5 Å². The van der Waals surface area contributed by atoms with Crippen molar-refractivity contribution in [2.24, 2.45) is 5.92 Å². The fourth-order valence-electron chi connectivity index (χ4n) is 1.69. The predicted molar refractivity (Wildman–Crippen MR) is 74.4 cm³/mol. The number of carboxylic acid groups (broad SMARTS) is 1. The van der Waals surface area contributed by atoms with Crippen LogP contribution in [0, 0.1) is 5.92 Å². The van der Waals surface area contributed by atoms with Gasteiger partial charge in [-0.2, -0.15) is 0 Å². The topological polar surface area (TPSA) is 57.6 Å². The highest BCUT2D eigenvalue weighted by atomic mass is 35.5. The van der Waals surface area contributed by atoms with Gasteiger partial charge in [-0.25, -0.2) is 0 Å². The molecule has 1 amide bonds. The Kier molecular flexibility index (Phi) is 5.36. The number of hydrogen-bond donors (Lipinski definition) is 1. The highest BCUT2D eigenvalue weighted by Crippen LogP contribution is 2.19. The molecule has 19 heavy (non-hydrogen) atoms. The van der Waals surface area contributed by atoms with E-state index in [1.807, 2.05) is 13.8 Å². The number of amides is 1. The van der Waals surface area contributed by atoms with Gasteiger partial charge in [0.2, 0.25) is 0 Å². The summed E-state index contributed by atoms with van der Waals surface area (Å²) < 4.78 is 0. The summed E-state index contributed by atoms with van der Waals surface area (Å²) in [4.78, 5) is 24.9. The van der Waals surface area contributed by atoms with Crippen LogP contribution in [0.4, 0.5) is 0 Å². The van der Waals surface area contributed by atoms with E-state index in [1.54, 1.807) is 31.2 Å². The van der Waals surface area contributed by atoms with Gasteiger partial charge in [0.1, 0.15) is 0 Å². The Labute approximate surface area is 118 Å². The lowest BCUT2D eigenvalue weighted by molar-refractivity contribution is -0.141. The van der Waals surface area contributed by atoms with Gasteiger partial charge >= 0.3 is 5.97 Å². The monoisotopic (exact) mass is 283 g/mol. The zero-order valence-corrected chi connectivity index (χ0v) is 12.0. The minimum absolute atomic E-state index is 0.0921. The summed E-state index contributed by atoms with van der Waals surface area (Å²) in [7, 11) is 0. The summed E-state index contributed by atoms with van der Waals surface area (Å²) in [6, 6.07) is 6.68. The molecule has 1 atom stereocenters. The molecule has 1 unspecified atom stereocenters. The van der Waals surface area contributed by atoms with Gasteiger partial charge in [0.25, 0.3) is 5.91 Å². The van der Waals surface area contributed by atoms with Gasteiger partial charge in [-0.3, -0.25) is 9.59 Å². The molecule has 0 aliphatic rings. The number of hydrogen-bond acceptors (Lipinski definition) is 2. The van der Waals surface area contributed by atoms with Crippen LogP contribution in [-0.2, 0) is 4.79 Å². The molecule has 1 rings (SSSR count). The molecule has 0 bridgehead atoms. The molecule has 0 aliphatic carbocycles. The second-order valence-corrected chi connectivity index (χ2v) is 5.18. The first kappa shape index (κ1) is 15.5. The summed E-state index contributed by atoms with van der Waals surface area (Å²) in [5.74, 6) is -1.78. The second-order valence-electron chi connectivity index (χ2n) is 4.77. The maximum Gasteiger partial charge on any atom is 0.308 e. The molecule has 5 heteroatoms. The van der Waals surface area contributed by atoms with Crippen molar-refractivity contribution in [2.45, 2.75) is 26.8 Å². The molecule has 0 saturated heterocycles. The van der Waals surface area contributed by atoms with Crippen LogP contribution in [0.15, 0.2) is 24.3 Å². The Hall–Kier alpha value is -1.55. The van der Waals surface area contributed by atoms with Crippen molar-refractivity contribution < 1.29 is 14.7 Å². The van der Waals surface area contributed by atoms with Crippen LogP contribution in [0.3, 0.4) is 0 Å². The van der Waals surface area contributed by atoms with Gasteiger partial charge in [-0.15, -0.1) is 0 Å². The van der Waals surface area contributed by atoms with Gasteiger partial charge in [0, 0.05) is 12.6 Å². The Balaban J connectivity index is 2.97. The van der Waals surface area contributed by atoms with Crippen molar-refractivity contribution in [3.05, 3.63) is 34.9 Å². The second kappa shape index (κ2) is 6.57. The SMILES string of the molecule is CC(CN(C(=O)c1ccccc1Cl)C(C)C)C(=O)O. The lowest BCUT2D eigenvalue weighted by atomic mass is 10.1. The molecule has 0 aliphatic heterocycles. The fourth-order valence-corrected chi connectivity index (χ4v) is 1.91. The zero-order valence-electron chi connectivity index (χ0n) is 11.3. The van der Waals surface area contributed by atoms with E-state index in [0.717, 1.165) is 0 Å².